The van der Waals surface area contributed by atoms with Crippen molar-refractivity contribution in [3.8, 4) is 0 Å². The van der Waals surface area contributed by atoms with E-state index in [9.17, 15) is 25.0 Å². The van der Waals surface area contributed by atoms with Crippen molar-refractivity contribution in [2.45, 2.75) is 63.1 Å². The van der Waals surface area contributed by atoms with Gasteiger partial charge in [-0.15, -0.1) is 0 Å². The Balaban J connectivity index is 1.81. The molecular formula is C19H24N2O10. The molecule has 2 saturated heterocycles. The topological polar surface area (TPSA) is 150 Å². The zero-order valence-corrected chi connectivity index (χ0v) is 17.5. The number of benzene rings is 1. The van der Waals surface area contributed by atoms with Crippen LogP contribution in [0.4, 0.5) is 5.69 Å². The Bertz CT molecular complexity index is 858. The fraction of sp³-hybridized carbons (Fsp3) is 0.632. The van der Waals surface area contributed by atoms with Gasteiger partial charge in [0, 0.05) is 31.1 Å². The summed E-state index contributed by atoms with van der Waals surface area (Å²) in [6.45, 7) is 4.68. The zero-order chi connectivity index (χ0) is 23.0. The van der Waals surface area contributed by atoms with Crippen molar-refractivity contribution in [2.75, 3.05) is 13.7 Å². The molecule has 2 aliphatic heterocycles. The van der Waals surface area contributed by atoms with Crippen LogP contribution < -0.4 is 0 Å². The fourth-order valence-electron chi connectivity index (χ4n) is 3.63. The molecule has 31 heavy (non-hydrogen) atoms. The van der Waals surface area contributed by atoms with E-state index in [0.717, 1.165) is 6.92 Å². The van der Waals surface area contributed by atoms with Crippen molar-refractivity contribution in [3.05, 3.63) is 50.1 Å². The standard InChI is InChI=1S/C19H24N2O10/c1-18(2)30-13-10-28-16(27-4)15(14(13)31-18)29-17(22)19(3,21(25)26)9-11-5-7-12(8-6-11)20(23)24/h5-8,13-16H,9-10H2,1-4H3/t13-,14-,15+,16-,19?/m1/s1. The van der Waals surface area contributed by atoms with Gasteiger partial charge in [-0.1, -0.05) is 12.1 Å². The van der Waals surface area contributed by atoms with Gasteiger partial charge in [0.2, 0.25) is 0 Å². The average Bonchev–Trinajstić information content (AvgIpc) is 3.02. The number of carbonyl (C=O) groups excluding carboxylic acids is 1. The number of nitrogens with zero attached hydrogens (tertiary/aromatic N) is 2. The summed E-state index contributed by atoms with van der Waals surface area (Å²) in [6.07, 6.45) is -3.67. The molecule has 2 fully saturated rings. The Kier molecular flexibility index (Phi) is 6.28. The predicted octanol–water partition coefficient (Wildman–Crippen LogP) is 1.61. The van der Waals surface area contributed by atoms with E-state index in [-0.39, 0.29) is 18.7 Å². The number of nitro groups is 2. The van der Waals surface area contributed by atoms with E-state index in [1.54, 1.807) is 13.8 Å². The maximum absolute atomic E-state index is 13.0. The number of fused-ring (bicyclic) bond motifs is 1. The molecule has 3 rings (SSSR count). The van der Waals surface area contributed by atoms with Crippen LogP contribution >= 0.6 is 0 Å². The largest absolute Gasteiger partial charge is 0.449 e. The first kappa shape index (κ1) is 23.0. The lowest BCUT2D eigenvalue weighted by Gasteiger charge is -2.37. The quantitative estimate of drug-likeness (QED) is 0.347. The highest BCUT2D eigenvalue weighted by Crippen LogP contribution is 2.36. The van der Waals surface area contributed by atoms with Crippen molar-refractivity contribution in [1.29, 1.82) is 0 Å². The van der Waals surface area contributed by atoms with Crippen LogP contribution in [0.1, 0.15) is 26.3 Å². The van der Waals surface area contributed by atoms with Gasteiger partial charge in [-0.3, -0.25) is 20.2 Å². The van der Waals surface area contributed by atoms with Gasteiger partial charge < -0.3 is 23.7 Å². The Morgan fingerprint density at radius 3 is 2.42 bits per heavy atom. The van der Waals surface area contributed by atoms with E-state index in [2.05, 4.69) is 0 Å². The third kappa shape index (κ3) is 4.66. The van der Waals surface area contributed by atoms with E-state index in [1.807, 2.05) is 0 Å². The van der Waals surface area contributed by atoms with Crippen LogP contribution in [-0.2, 0) is 34.9 Å². The van der Waals surface area contributed by atoms with Gasteiger partial charge in [-0.2, -0.15) is 0 Å². The number of hydrogen-bond donors (Lipinski definition) is 0. The second-order valence-electron chi connectivity index (χ2n) is 8.08. The summed E-state index contributed by atoms with van der Waals surface area (Å²) in [5, 5.41) is 22.7. The summed E-state index contributed by atoms with van der Waals surface area (Å²) in [5.74, 6) is -2.06. The first-order valence-corrected chi connectivity index (χ1v) is 9.56. The predicted molar refractivity (Wildman–Crippen MR) is 103 cm³/mol. The summed E-state index contributed by atoms with van der Waals surface area (Å²) < 4.78 is 27.9. The zero-order valence-electron chi connectivity index (χ0n) is 17.5. The summed E-state index contributed by atoms with van der Waals surface area (Å²) in [4.78, 5) is 34.3. The molecule has 0 aromatic heterocycles. The second kappa shape index (κ2) is 8.46. The van der Waals surface area contributed by atoms with E-state index < -0.39 is 51.7 Å². The summed E-state index contributed by atoms with van der Waals surface area (Å²) in [5.41, 5.74) is -1.95. The molecule has 1 aromatic carbocycles. The van der Waals surface area contributed by atoms with Gasteiger partial charge in [0.05, 0.1) is 18.0 Å². The van der Waals surface area contributed by atoms with Gasteiger partial charge in [-0.05, 0) is 19.4 Å². The molecular weight excluding hydrogens is 416 g/mol. The highest BCUT2D eigenvalue weighted by molar-refractivity contribution is 5.79. The minimum Gasteiger partial charge on any atom is -0.449 e. The maximum Gasteiger partial charge on any atom is 0.385 e. The van der Waals surface area contributed by atoms with Crippen LogP contribution in [-0.4, -0.2) is 65.5 Å². The summed E-state index contributed by atoms with van der Waals surface area (Å²) in [6, 6.07) is 5.16. The van der Waals surface area contributed by atoms with Gasteiger partial charge in [0.15, 0.2) is 18.2 Å². The van der Waals surface area contributed by atoms with Crippen molar-refractivity contribution >= 4 is 11.7 Å². The minimum atomic E-state index is -2.16. The van der Waals surface area contributed by atoms with Crippen molar-refractivity contribution in [3.63, 3.8) is 0 Å². The third-order valence-electron chi connectivity index (χ3n) is 5.25. The highest BCUT2D eigenvalue weighted by Gasteiger charge is 2.56. The monoisotopic (exact) mass is 440 g/mol. The number of rotatable bonds is 7. The van der Waals surface area contributed by atoms with Gasteiger partial charge >= 0.3 is 11.5 Å². The Morgan fingerprint density at radius 1 is 1.23 bits per heavy atom. The molecule has 170 valence electrons. The summed E-state index contributed by atoms with van der Waals surface area (Å²) >= 11 is 0. The molecule has 2 heterocycles. The number of non-ortho nitro benzene ring substituents is 1. The molecule has 2 aliphatic rings. The Labute approximate surface area is 177 Å². The molecule has 0 amide bonds. The van der Waals surface area contributed by atoms with Crippen LogP contribution in [0.2, 0.25) is 0 Å². The number of carbonyl (C=O) groups is 1. The maximum atomic E-state index is 13.0. The second-order valence-corrected chi connectivity index (χ2v) is 8.08. The van der Waals surface area contributed by atoms with Crippen molar-refractivity contribution < 1.29 is 38.3 Å². The Morgan fingerprint density at radius 2 is 1.87 bits per heavy atom. The van der Waals surface area contributed by atoms with E-state index in [0.29, 0.717) is 5.56 Å². The van der Waals surface area contributed by atoms with Gasteiger partial charge in [0.1, 0.15) is 12.2 Å². The van der Waals surface area contributed by atoms with Crippen molar-refractivity contribution in [2.24, 2.45) is 0 Å². The first-order chi connectivity index (χ1) is 14.5. The number of ether oxygens (including phenoxy) is 5. The molecule has 12 heteroatoms. The van der Waals surface area contributed by atoms with Gasteiger partial charge in [-0.25, -0.2) is 4.79 Å². The lowest BCUT2D eigenvalue weighted by Crippen LogP contribution is -2.57. The van der Waals surface area contributed by atoms with Crippen LogP contribution in [0.3, 0.4) is 0 Å². The van der Waals surface area contributed by atoms with E-state index in [4.69, 9.17) is 23.7 Å². The van der Waals surface area contributed by atoms with E-state index >= 15 is 0 Å². The van der Waals surface area contributed by atoms with E-state index in [1.165, 1.54) is 31.4 Å². The molecule has 0 aliphatic carbocycles. The van der Waals surface area contributed by atoms with Crippen LogP contribution in [0.25, 0.3) is 0 Å². The number of hydrogen-bond acceptors (Lipinski definition) is 10. The van der Waals surface area contributed by atoms with Crippen LogP contribution in [0.5, 0.6) is 0 Å². The smallest absolute Gasteiger partial charge is 0.385 e. The fourth-order valence-corrected chi connectivity index (χ4v) is 3.63. The SMILES string of the molecule is CO[C@@H]1OC[C@H]2OC(C)(C)O[C@H]2[C@@H]1OC(=O)C(C)(Cc1ccc([N+](=O)[O-])cc1)[N+](=O)[O-]. The lowest BCUT2D eigenvalue weighted by atomic mass is 9.93. The number of nitro benzene ring substituents is 1. The third-order valence-corrected chi connectivity index (χ3v) is 5.25. The van der Waals surface area contributed by atoms with Crippen molar-refractivity contribution in [1.82, 2.24) is 0 Å². The molecule has 0 saturated carbocycles. The number of methoxy groups -OCH3 is 1. The molecule has 12 nitrogen and oxygen atoms in total. The van der Waals surface area contributed by atoms with Crippen LogP contribution in [0.15, 0.2) is 24.3 Å². The van der Waals surface area contributed by atoms with Crippen LogP contribution in [0, 0.1) is 20.2 Å². The van der Waals surface area contributed by atoms with Gasteiger partial charge in [0.25, 0.3) is 5.69 Å². The first-order valence-electron chi connectivity index (χ1n) is 9.56. The minimum absolute atomic E-state index is 0.149. The molecule has 5 atom stereocenters. The average molecular weight is 440 g/mol. The molecule has 1 aromatic rings. The molecule has 0 spiro atoms. The molecule has 0 radical (unpaired) electrons. The molecule has 0 N–H and O–H groups in total. The normalized spacial score (nSPS) is 28.9. The molecule has 0 bridgehead atoms. The summed E-state index contributed by atoms with van der Waals surface area (Å²) in [7, 11) is 1.36. The molecule has 1 unspecified atom stereocenters. The Hall–Kier alpha value is -2.67. The number of esters is 1. The highest BCUT2D eigenvalue weighted by atomic mass is 16.8. The lowest BCUT2D eigenvalue weighted by molar-refractivity contribution is -0.551.